The first kappa shape index (κ1) is 17.2. The second-order valence-electron chi connectivity index (χ2n) is 7.09. The molecule has 0 atom stereocenters. The minimum absolute atomic E-state index is 0.115. The lowest BCUT2D eigenvalue weighted by atomic mass is 10.0. The van der Waals surface area contributed by atoms with Crippen LogP contribution in [0.15, 0.2) is 36.4 Å². The monoisotopic (exact) mass is 368 g/mol. The number of carbonyl (C=O) groups excluding carboxylic acids is 2. The number of rotatable bonds is 3. The first-order valence-electron chi connectivity index (χ1n) is 8.65. The van der Waals surface area contributed by atoms with Crippen molar-refractivity contribution >= 4 is 23.2 Å². The van der Waals surface area contributed by atoms with Gasteiger partial charge in [-0.05, 0) is 50.6 Å². The van der Waals surface area contributed by atoms with E-state index < -0.39 is 5.60 Å². The molecule has 0 aliphatic carbocycles. The summed E-state index contributed by atoms with van der Waals surface area (Å²) in [4.78, 5) is 26.9. The van der Waals surface area contributed by atoms with Crippen molar-refractivity contribution in [2.75, 3.05) is 23.6 Å². The van der Waals surface area contributed by atoms with Gasteiger partial charge in [0.1, 0.15) is 12.3 Å². The predicted octanol–water partition coefficient (Wildman–Crippen LogP) is 2.87. The first-order chi connectivity index (χ1) is 12.8. The molecular weight excluding hydrogens is 348 g/mol. The Morgan fingerprint density at radius 2 is 1.85 bits per heavy atom. The maximum absolute atomic E-state index is 12.8. The number of benzene rings is 2. The van der Waals surface area contributed by atoms with Crippen LogP contribution in [-0.2, 0) is 9.59 Å². The molecule has 2 aromatic rings. The second kappa shape index (κ2) is 6.19. The van der Waals surface area contributed by atoms with Gasteiger partial charge in [-0.1, -0.05) is 6.07 Å². The maximum atomic E-state index is 12.8. The third-order valence-corrected chi connectivity index (χ3v) is 4.49. The van der Waals surface area contributed by atoms with Gasteiger partial charge in [-0.25, -0.2) is 0 Å². The molecule has 7 heteroatoms. The summed E-state index contributed by atoms with van der Waals surface area (Å²) in [6.45, 7) is 5.37. The molecular formula is C20H20N2O5. The Kier molecular flexibility index (Phi) is 3.95. The van der Waals surface area contributed by atoms with Gasteiger partial charge in [-0.15, -0.1) is 0 Å². The Bertz CT molecular complexity index is 938. The molecule has 2 aliphatic rings. The highest BCUT2D eigenvalue weighted by Crippen LogP contribution is 2.38. The fourth-order valence-corrected chi connectivity index (χ4v) is 3.15. The summed E-state index contributed by atoms with van der Waals surface area (Å²) in [5.74, 6) is 1.23. The number of ether oxygens (including phenoxy) is 3. The minimum Gasteiger partial charge on any atom is -0.476 e. The molecule has 2 amide bonds. The van der Waals surface area contributed by atoms with Crippen LogP contribution in [0.3, 0.4) is 0 Å². The van der Waals surface area contributed by atoms with E-state index in [1.807, 2.05) is 25.1 Å². The van der Waals surface area contributed by atoms with Crippen molar-refractivity contribution in [1.29, 1.82) is 0 Å². The molecule has 140 valence electrons. The van der Waals surface area contributed by atoms with Crippen LogP contribution in [0.5, 0.6) is 17.2 Å². The quantitative estimate of drug-likeness (QED) is 0.901. The van der Waals surface area contributed by atoms with Gasteiger partial charge in [0.2, 0.25) is 12.7 Å². The summed E-state index contributed by atoms with van der Waals surface area (Å²) >= 11 is 0. The van der Waals surface area contributed by atoms with E-state index in [0.717, 1.165) is 5.56 Å². The molecule has 2 aliphatic heterocycles. The molecule has 2 heterocycles. The predicted molar refractivity (Wildman–Crippen MR) is 99.4 cm³/mol. The summed E-state index contributed by atoms with van der Waals surface area (Å²) in [5, 5.41) is 2.80. The van der Waals surface area contributed by atoms with Crippen LogP contribution in [0, 0.1) is 6.92 Å². The molecule has 0 aromatic heterocycles. The van der Waals surface area contributed by atoms with Gasteiger partial charge in [0, 0.05) is 11.8 Å². The van der Waals surface area contributed by atoms with E-state index in [0.29, 0.717) is 28.6 Å². The zero-order valence-corrected chi connectivity index (χ0v) is 15.4. The third kappa shape index (κ3) is 3.16. The van der Waals surface area contributed by atoms with Gasteiger partial charge < -0.3 is 19.5 Å². The molecule has 7 nitrogen and oxygen atoms in total. The van der Waals surface area contributed by atoms with Crippen LogP contribution < -0.4 is 24.4 Å². The number of nitrogens with one attached hydrogen (secondary N) is 1. The van der Waals surface area contributed by atoms with Gasteiger partial charge in [0.05, 0.1) is 5.69 Å². The summed E-state index contributed by atoms with van der Waals surface area (Å²) < 4.78 is 16.4. The molecule has 0 bridgehead atoms. The molecule has 0 unspecified atom stereocenters. The Morgan fingerprint density at radius 1 is 1.11 bits per heavy atom. The fourth-order valence-electron chi connectivity index (χ4n) is 3.15. The van der Waals surface area contributed by atoms with Crippen LogP contribution in [0.25, 0.3) is 0 Å². The van der Waals surface area contributed by atoms with Crippen LogP contribution in [0.2, 0.25) is 0 Å². The zero-order valence-electron chi connectivity index (χ0n) is 15.4. The third-order valence-electron chi connectivity index (χ3n) is 4.49. The number of hydrogen-bond donors (Lipinski definition) is 1. The number of amides is 2. The topological polar surface area (TPSA) is 77.1 Å². The smallest absolute Gasteiger partial charge is 0.271 e. The molecule has 0 radical (unpaired) electrons. The van der Waals surface area contributed by atoms with E-state index >= 15 is 0 Å². The number of anilines is 2. The van der Waals surface area contributed by atoms with Crippen LogP contribution in [0.4, 0.5) is 11.4 Å². The highest BCUT2D eigenvalue weighted by atomic mass is 16.7. The van der Waals surface area contributed by atoms with Crippen molar-refractivity contribution in [3.8, 4) is 17.2 Å². The molecule has 0 spiro atoms. The van der Waals surface area contributed by atoms with Crippen molar-refractivity contribution < 1.29 is 23.8 Å². The van der Waals surface area contributed by atoms with Gasteiger partial charge >= 0.3 is 0 Å². The van der Waals surface area contributed by atoms with Gasteiger partial charge in [0.15, 0.2) is 17.1 Å². The molecule has 1 N–H and O–H groups in total. The Morgan fingerprint density at radius 3 is 2.67 bits per heavy atom. The van der Waals surface area contributed by atoms with Gasteiger partial charge in [-0.3, -0.25) is 14.5 Å². The van der Waals surface area contributed by atoms with E-state index in [1.165, 1.54) is 4.90 Å². The number of hydrogen-bond acceptors (Lipinski definition) is 5. The number of carbonyl (C=O) groups is 2. The number of fused-ring (bicyclic) bond motifs is 2. The average Bonchev–Trinajstić information content (AvgIpc) is 3.07. The molecule has 27 heavy (non-hydrogen) atoms. The maximum Gasteiger partial charge on any atom is 0.271 e. The minimum atomic E-state index is -1.04. The zero-order chi connectivity index (χ0) is 19.2. The van der Waals surface area contributed by atoms with E-state index in [-0.39, 0.29) is 25.2 Å². The van der Waals surface area contributed by atoms with Crippen LogP contribution in [-0.4, -0.2) is 30.8 Å². The second-order valence-corrected chi connectivity index (χ2v) is 7.09. The summed E-state index contributed by atoms with van der Waals surface area (Å²) in [7, 11) is 0. The largest absolute Gasteiger partial charge is 0.476 e. The van der Waals surface area contributed by atoms with Crippen molar-refractivity contribution in [2.45, 2.75) is 26.4 Å². The fraction of sp³-hybridized carbons (Fsp3) is 0.300. The van der Waals surface area contributed by atoms with Crippen molar-refractivity contribution in [2.24, 2.45) is 0 Å². The van der Waals surface area contributed by atoms with Crippen molar-refractivity contribution in [1.82, 2.24) is 0 Å². The van der Waals surface area contributed by atoms with Crippen molar-refractivity contribution in [3.63, 3.8) is 0 Å². The summed E-state index contributed by atoms with van der Waals surface area (Å²) in [6, 6.07) is 10.7. The molecule has 0 saturated carbocycles. The Hall–Kier alpha value is -3.22. The Balaban J connectivity index is 1.56. The van der Waals surface area contributed by atoms with Crippen LogP contribution in [0.1, 0.15) is 19.4 Å². The lowest BCUT2D eigenvalue weighted by molar-refractivity contribution is -0.133. The van der Waals surface area contributed by atoms with Crippen LogP contribution >= 0.6 is 0 Å². The molecule has 0 fully saturated rings. The van der Waals surface area contributed by atoms with E-state index in [4.69, 9.17) is 14.2 Å². The molecule has 4 rings (SSSR count). The van der Waals surface area contributed by atoms with E-state index in [1.54, 1.807) is 32.0 Å². The van der Waals surface area contributed by atoms with Gasteiger partial charge in [0.25, 0.3) is 5.91 Å². The highest BCUT2D eigenvalue weighted by molar-refractivity contribution is 6.07. The average molecular weight is 368 g/mol. The molecule has 2 aromatic carbocycles. The summed E-state index contributed by atoms with van der Waals surface area (Å²) in [5.41, 5.74) is 1.11. The standard InChI is InChI=1S/C20H20N2O5/c1-12-4-6-15-14(8-12)22(19(24)20(2,3)27-15)10-18(23)21-13-5-7-16-17(9-13)26-11-25-16/h4-9H,10-11H2,1-3H3,(H,21,23). The lowest BCUT2D eigenvalue weighted by Crippen LogP contribution is -2.54. The molecule has 0 saturated heterocycles. The van der Waals surface area contributed by atoms with E-state index in [9.17, 15) is 9.59 Å². The van der Waals surface area contributed by atoms with E-state index in [2.05, 4.69) is 5.32 Å². The first-order valence-corrected chi connectivity index (χ1v) is 8.65. The SMILES string of the molecule is Cc1ccc2c(c1)N(CC(=O)Nc1ccc3c(c1)OCO3)C(=O)C(C)(C)O2. The number of aryl methyl sites for hydroxylation is 1. The Labute approximate surface area is 156 Å². The normalized spacial score (nSPS) is 16.6. The van der Waals surface area contributed by atoms with Crippen molar-refractivity contribution in [3.05, 3.63) is 42.0 Å². The summed E-state index contributed by atoms with van der Waals surface area (Å²) in [6.07, 6.45) is 0. The highest BCUT2D eigenvalue weighted by Gasteiger charge is 2.41. The van der Waals surface area contributed by atoms with Gasteiger partial charge in [-0.2, -0.15) is 0 Å². The number of nitrogens with zero attached hydrogens (tertiary/aromatic N) is 1. The lowest BCUT2D eigenvalue weighted by Gasteiger charge is -2.38.